The maximum Gasteiger partial charge on any atom is 0.408 e. The molecule has 0 radical (unpaired) electrons. The van der Waals surface area contributed by atoms with Gasteiger partial charge in [0.1, 0.15) is 17.7 Å². The van der Waals surface area contributed by atoms with Crippen molar-refractivity contribution in [3.63, 3.8) is 0 Å². The summed E-state index contributed by atoms with van der Waals surface area (Å²) in [6, 6.07) is 17.5. The number of carbonyl (C=O) groups excluding carboxylic acids is 3. The minimum absolute atomic E-state index is 0.234. The van der Waals surface area contributed by atoms with Crippen LogP contribution in [0.5, 0.6) is 0 Å². The number of hydrogen-bond donors (Lipinski definition) is 4. The smallest absolute Gasteiger partial charge is 0.408 e. The third-order valence-corrected chi connectivity index (χ3v) is 7.56. The molecule has 0 fully saturated rings. The van der Waals surface area contributed by atoms with Gasteiger partial charge in [-0.3, -0.25) is 14.5 Å². The van der Waals surface area contributed by atoms with Crippen LogP contribution in [0.2, 0.25) is 0 Å². The van der Waals surface area contributed by atoms with Crippen LogP contribution in [0.15, 0.2) is 60.7 Å². The molecule has 0 aromatic heterocycles. The van der Waals surface area contributed by atoms with Crippen LogP contribution in [-0.4, -0.2) is 70.3 Å². The van der Waals surface area contributed by atoms with Crippen molar-refractivity contribution in [1.82, 2.24) is 20.9 Å². The third kappa shape index (κ3) is 15.9. The predicted octanol–water partition coefficient (Wildman–Crippen LogP) is 6.48. The maximum absolute atomic E-state index is 13.2. The first-order valence-corrected chi connectivity index (χ1v) is 16.8. The number of nitrogens with zero attached hydrogens (tertiary/aromatic N) is 1. The van der Waals surface area contributed by atoms with Crippen molar-refractivity contribution in [1.29, 1.82) is 0 Å². The highest BCUT2D eigenvalue weighted by molar-refractivity contribution is 5.86. The lowest BCUT2D eigenvalue weighted by Crippen LogP contribution is -2.57. The van der Waals surface area contributed by atoms with E-state index in [4.69, 9.17) is 4.74 Å². The second-order valence-electron chi connectivity index (χ2n) is 14.0. The van der Waals surface area contributed by atoms with Gasteiger partial charge in [-0.2, -0.15) is 0 Å². The molecule has 4 N–H and O–H groups in total. The Morgan fingerprint density at radius 1 is 0.681 bits per heavy atom. The highest BCUT2D eigenvalue weighted by atomic mass is 16.6. The van der Waals surface area contributed by atoms with Gasteiger partial charge < -0.3 is 25.8 Å². The van der Waals surface area contributed by atoms with E-state index in [-0.39, 0.29) is 11.8 Å². The number of nitrogens with one attached hydrogen (secondary N) is 3. The van der Waals surface area contributed by atoms with E-state index < -0.39 is 35.4 Å². The number of carbonyl (C=O) groups is 4. The number of rotatable bonds is 18. The number of alkyl carbamates (subject to hydrolysis) is 1. The van der Waals surface area contributed by atoms with Crippen LogP contribution < -0.4 is 16.0 Å². The van der Waals surface area contributed by atoms with Crippen LogP contribution >= 0.6 is 0 Å². The van der Waals surface area contributed by atoms with Crippen molar-refractivity contribution >= 4 is 24.0 Å². The second-order valence-corrected chi connectivity index (χ2v) is 14.0. The average Bonchev–Trinajstić information content (AvgIpc) is 2.98. The van der Waals surface area contributed by atoms with Gasteiger partial charge in [-0.05, 0) is 65.5 Å². The summed E-state index contributed by atoms with van der Waals surface area (Å²) >= 11 is 0. The molecule has 4 amide bonds. The van der Waals surface area contributed by atoms with Crippen LogP contribution in [0, 0.1) is 0 Å². The fourth-order valence-electron chi connectivity index (χ4n) is 5.33. The summed E-state index contributed by atoms with van der Waals surface area (Å²) in [5.41, 5.74) is 0.467. The zero-order chi connectivity index (χ0) is 34.9. The van der Waals surface area contributed by atoms with Crippen molar-refractivity contribution in [3.05, 3.63) is 71.8 Å². The zero-order valence-electron chi connectivity index (χ0n) is 29.1. The number of hydrogen-bond acceptors (Lipinski definition) is 5. The molecule has 0 spiro atoms. The van der Waals surface area contributed by atoms with Crippen molar-refractivity contribution in [2.45, 2.75) is 123 Å². The SMILES string of the molecule is CC(C)(C)OC(=O)N[C@@H](Cc1ccccc1)C(=O)NCCCCCCCCCNC(=O)[C@H](Cc1ccccc1)N(C(=O)O)C(C)(C)C. The van der Waals surface area contributed by atoms with Crippen LogP contribution in [-0.2, 0) is 27.2 Å². The van der Waals surface area contributed by atoms with E-state index in [0.29, 0.717) is 25.9 Å². The molecule has 47 heavy (non-hydrogen) atoms. The lowest BCUT2D eigenvalue weighted by Gasteiger charge is -2.39. The molecule has 10 nitrogen and oxygen atoms in total. The predicted molar refractivity (Wildman–Crippen MR) is 185 cm³/mol. The largest absolute Gasteiger partial charge is 0.465 e. The fraction of sp³-hybridized carbons (Fsp3) is 0.568. The number of benzene rings is 2. The lowest BCUT2D eigenvalue weighted by molar-refractivity contribution is -0.127. The summed E-state index contributed by atoms with van der Waals surface area (Å²) in [5, 5.41) is 18.6. The highest BCUT2D eigenvalue weighted by Crippen LogP contribution is 2.21. The Balaban J connectivity index is 1.69. The molecular weight excluding hydrogens is 596 g/mol. The van der Waals surface area contributed by atoms with Gasteiger partial charge in [0.05, 0.1) is 0 Å². The molecule has 0 saturated heterocycles. The van der Waals surface area contributed by atoms with Gasteiger partial charge >= 0.3 is 12.2 Å². The Kier molecular flexibility index (Phi) is 16.3. The van der Waals surface area contributed by atoms with Gasteiger partial charge in [0.25, 0.3) is 0 Å². The molecule has 260 valence electrons. The molecule has 0 aliphatic rings. The Labute approximate surface area is 281 Å². The molecule has 0 aliphatic heterocycles. The Morgan fingerprint density at radius 3 is 1.57 bits per heavy atom. The van der Waals surface area contributed by atoms with E-state index in [9.17, 15) is 24.3 Å². The van der Waals surface area contributed by atoms with Crippen molar-refractivity contribution < 1.29 is 29.0 Å². The average molecular weight is 653 g/mol. The van der Waals surface area contributed by atoms with Gasteiger partial charge in [-0.15, -0.1) is 0 Å². The first-order valence-electron chi connectivity index (χ1n) is 16.8. The lowest BCUT2D eigenvalue weighted by atomic mass is 9.98. The molecule has 0 heterocycles. The Morgan fingerprint density at radius 2 is 1.13 bits per heavy atom. The standard InChI is InChI=1S/C37H56N4O6/c1-36(2,3)41(35(45)46)31(27-29-22-16-13-17-23-29)33(43)39-25-19-11-9-7-8-10-18-24-38-32(42)30(26-28-20-14-12-15-21-28)40-34(44)47-37(4,5)6/h12-17,20-23,30-31H,7-11,18-19,24-27H2,1-6H3,(H,38,42)(H,39,43)(H,40,44)(H,45,46)/t30-,31-/m0/s1. The summed E-state index contributed by atoms with van der Waals surface area (Å²) in [6.07, 6.45) is 5.63. The molecule has 0 aliphatic carbocycles. The Bertz CT molecular complexity index is 1240. The molecule has 10 heteroatoms. The quantitative estimate of drug-likeness (QED) is 0.136. The van der Waals surface area contributed by atoms with Crippen LogP contribution in [0.25, 0.3) is 0 Å². The first-order chi connectivity index (χ1) is 22.2. The van der Waals surface area contributed by atoms with Gasteiger partial charge in [0.2, 0.25) is 11.8 Å². The second kappa shape index (κ2) is 19.6. The van der Waals surface area contributed by atoms with E-state index in [2.05, 4.69) is 16.0 Å². The van der Waals surface area contributed by atoms with E-state index in [0.717, 1.165) is 56.1 Å². The van der Waals surface area contributed by atoms with E-state index in [1.807, 2.05) is 60.7 Å². The first kappa shape index (κ1) is 39.1. The van der Waals surface area contributed by atoms with E-state index >= 15 is 0 Å². The summed E-state index contributed by atoms with van der Waals surface area (Å²) < 4.78 is 5.36. The topological polar surface area (TPSA) is 137 Å². The van der Waals surface area contributed by atoms with Crippen LogP contribution in [0.3, 0.4) is 0 Å². The summed E-state index contributed by atoms with van der Waals surface area (Å²) in [4.78, 5) is 51.9. The minimum atomic E-state index is -1.11. The van der Waals surface area contributed by atoms with Gasteiger partial charge in [-0.25, -0.2) is 9.59 Å². The number of unbranched alkanes of at least 4 members (excludes halogenated alkanes) is 6. The fourth-order valence-corrected chi connectivity index (χ4v) is 5.33. The van der Waals surface area contributed by atoms with Crippen molar-refractivity contribution in [2.75, 3.05) is 13.1 Å². The van der Waals surface area contributed by atoms with Crippen molar-refractivity contribution in [3.8, 4) is 0 Å². The molecule has 2 aromatic carbocycles. The van der Waals surface area contributed by atoms with E-state index in [1.165, 1.54) is 4.90 Å². The Hall–Kier alpha value is -4.08. The maximum atomic E-state index is 13.2. The van der Waals surface area contributed by atoms with Crippen LogP contribution in [0.1, 0.15) is 97.6 Å². The highest BCUT2D eigenvalue weighted by Gasteiger charge is 2.37. The molecule has 2 atom stereocenters. The van der Waals surface area contributed by atoms with Crippen molar-refractivity contribution in [2.24, 2.45) is 0 Å². The number of ether oxygens (including phenoxy) is 1. The normalized spacial score (nSPS) is 12.8. The third-order valence-electron chi connectivity index (χ3n) is 7.56. The zero-order valence-corrected chi connectivity index (χ0v) is 29.1. The van der Waals surface area contributed by atoms with E-state index in [1.54, 1.807) is 41.5 Å². The van der Waals surface area contributed by atoms with Gasteiger partial charge in [-0.1, -0.05) is 92.8 Å². The molecular formula is C37H56N4O6. The summed E-state index contributed by atoms with van der Waals surface area (Å²) in [5.74, 6) is -0.512. The molecule has 0 saturated carbocycles. The molecule has 2 aromatic rings. The monoisotopic (exact) mass is 652 g/mol. The minimum Gasteiger partial charge on any atom is -0.465 e. The van der Waals surface area contributed by atoms with Gasteiger partial charge in [0, 0.05) is 31.5 Å². The number of carboxylic acid groups (broad SMARTS) is 1. The van der Waals surface area contributed by atoms with Gasteiger partial charge in [0.15, 0.2) is 0 Å². The molecule has 0 bridgehead atoms. The molecule has 0 unspecified atom stereocenters. The molecule has 2 rings (SSSR count). The van der Waals surface area contributed by atoms with Crippen LogP contribution in [0.4, 0.5) is 9.59 Å². The summed E-state index contributed by atoms with van der Waals surface area (Å²) in [7, 11) is 0. The summed E-state index contributed by atoms with van der Waals surface area (Å²) in [6.45, 7) is 11.8. The number of amides is 4.